The number of nitriles is 1. The number of hydrogen-bond donors (Lipinski definition) is 0. The fourth-order valence-corrected chi connectivity index (χ4v) is 2.15. The average Bonchev–Trinajstić information content (AvgIpc) is 2.59. The van der Waals surface area contributed by atoms with Crippen molar-refractivity contribution >= 4 is 11.9 Å². The molecule has 0 fully saturated rings. The summed E-state index contributed by atoms with van der Waals surface area (Å²) in [6.45, 7) is 6.90. The monoisotopic (exact) mass is 313 g/mol. The molecule has 1 aromatic carbocycles. The summed E-state index contributed by atoms with van der Waals surface area (Å²) in [6.07, 6.45) is 2.79. The molecule has 23 heavy (non-hydrogen) atoms. The number of benzene rings is 1. The van der Waals surface area contributed by atoms with E-state index in [9.17, 15) is 9.59 Å². The van der Waals surface area contributed by atoms with Gasteiger partial charge in [0.25, 0.3) is 0 Å². The van der Waals surface area contributed by atoms with Crippen molar-refractivity contribution in [2.75, 3.05) is 13.2 Å². The highest BCUT2D eigenvalue weighted by molar-refractivity contribution is 6.06. The zero-order valence-corrected chi connectivity index (χ0v) is 12.9. The first-order chi connectivity index (χ1) is 11.1. The summed E-state index contributed by atoms with van der Waals surface area (Å²) < 4.78 is 10.2. The van der Waals surface area contributed by atoms with Crippen LogP contribution >= 0.6 is 0 Å². The minimum absolute atomic E-state index is 0.00126. The summed E-state index contributed by atoms with van der Waals surface area (Å²) in [5.74, 6) is -1.51. The Balaban J connectivity index is 3.35. The smallest absolute Gasteiger partial charge is 0.328 e. The van der Waals surface area contributed by atoms with Gasteiger partial charge in [-0.3, -0.25) is 9.59 Å². The predicted octanol–water partition coefficient (Wildman–Crippen LogP) is 2.69. The molecule has 0 saturated carbocycles. The van der Waals surface area contributed by atoms with Crippen molar-refractivity contribution in [1.29, 1.82) is 5.26 Å². The minimum Gasteiger partial charge on any atom is -0.460 e. The molecule has 0 saturated heterocycles. The molecule has 5 heteroatoms. The summed E-state index contributed by atoms with van der Waals surface area (Å²) in [7, 11) is 0. The fourth-order valence-electron chi connectivity index (χ4n) is 2.15. The lowest BCUT2D eigenvalue weighted by atomic mass is 9.76. The van der Waals surface area contributed by atoms with Gasteiger partial charge in [-0.1, -0.05) is 55.6 Å². The highest BCUT2D eigenvalue weighted by Gasteiger charge is 2.50. The van der Waals surface area contributed by atoms with Gasteiger partial charge in [0.05, 0.1) is 6.07 Å². The molecule has 0 heterocycles. The van der Waals surface area contributed by atoms with E-state index in [-0.39, 0.29) is 26.1 Å². The Hall–Kier alpha value is -2.87. The molecule has 0 atom stereocenters. The molecular weight excluding hydrogens is 294 g/mol. The van der Waals surface area contributed by atoms with Crippen LogP contribution in [-0.4, -0.2) is 25.2 Å². The van der Waals surface area contributed by atoms with Crippen LogP contribution in [0, 0.1) is 11.3 Å². The maximum Gasteiger partial charge on any atom is 0.328 e. The molecule has 0 spiro atoms. The van der Waals surface area contributed by atoms with Crippen molar-refractivity contribution in [3.63, 3.8) is 0 Å². The van der Waals surface area contributed by atoms with Gasteiger partial charge in [0, 0.05) is 6.42 Å². The molecule has 1 rings (SSSR count). The second kappa shape index (κ2) is 9.21. The van der Waals surface area contributed by atoms with Crippen molar-refractivity contribution in [3.8, 4) is 6.07 Å². The van der Waals surface area contributed by atoms with E-state index in [0.717, 1.165) is 0 Å². The first-order valence-corrected chi connectivity index (χ1v) is 7.12. The molecule has 0 amide bonds. The van der Waals surface area contributed by atoms with E-state index >= 15 is 0 Å². The first-order valence-electron chi connectivity index (χ1n) is 7.12. The maximum atomic E-state index is 12.6. The van der Waals surface area contributed by atoms with Gasteiger partial charge >= 0.3 is 11.9 Å². The maximum absolute atomic E-state index is 12.6. The van der Waals surface area contributed by atoms with Crippen LogP contribution < -0.4 is 0 Å². The molecule has 1 aromatic rings. The quantitative estimate of drug-likeness (QED) is 0.398. The van der Waals surface area contributed by atoms with Crippen LogP contribution in [0.5, 0.6) is 0 Å². The summed E-state index contributed by atoms with van der Waals surface area (Å²) in [4.78, 5) is 25.3. The van der Waals surface area contributed by atoms with Crippen molar-refractivity contribution in [1.82, 2.24) is 0 Å². The molecule has 0 radical (unpaired) electrons. The highest BCUT2D eigenvalue weighted by atomic mass is 16.6. The number of nitrogens with zero attached hydrogens (tertiary/aromatic N) is 1. The lowest BCUT2D eigenvalue weighted by Crippen LogP contribution is -2.46. The lowest BCUT2D eigenvalue weighted by Gasteiger charge is -2.28. The zero-order chi connectivity index (χ0) is 17.1. The van der Waals surface area contributed by atoms with Crippen LogP contribution in [0.25, 0.3) is 0 Å². The molecule has 0 aliphatic carbocycles. The summed E-state index contributed by atoms with van der Waals surface area (Å²) in [5.41, 5.74) is -1.25. The largest absolute Gasteiger partial charge is 0.460 e. The van der Waals surface area contributed by atoms with E-state index in [0.29, 0.717) is 5.56 Å². The Labute approximate surface area is 135 Å². The number of hydrogen-bond acceptors (Lipinski definition) is 5. The van der Waals surface area contributed by atoms with Crippen LogP contribution in [0.1, 0.15) is 18.4 Å². The molecular formula is C18H19NO4. The van der Waals surface area contributed by atoms with E-state index in [4.69, 9.17) is 14.7 Å². The van der Waals surface area contributed by atoms with E-state index in [1.807, 2.05) is 6.07 Å². The normalized spacial score (nSPS) is 10.2. The minimum atomic E-state index is -1.68. The van der Waals surface area contributed by atoms with Crippen LogP contribution in [0.2, 0.25) is 0 Å². The summed E-state index contributed by atoms with van der Waals surface area (Å²) in [6, 6.07) is 10.4. The third-order valence-electron chi connectivity index (χ3n) is 3.24. The predicted molar refractivity (Wildman–Crippen MR) is 85.3 cm³/mol. The standard InChI is InChI=1S/C18H19NO4/c1-3-13-22-16(20)18(11-8-12-19,17(21)23-14-4-2)15-9-6-5-7-10-15/h3-7,9-10H,1-2,8,11,13-14H2. The van der Waals surface area contributed by atoms with Gasteiger partial charge in [0.1, 0.15) is 13.2 Å². The Morgan fingerprint density at radius 3 is 2.04 bits per heavy atom. The molecule has 5 nitrogen and oxygen atoms in total. The Kier molecular flexibility index (Phi) is 7.28. The fraction of sp³-hybridized carbons (Fsp3) is 0.278. The Morgan fingerprint density at radius 1 is 1.09 bits per heavy atom. The van der Waals surface area contributed by atoms with Crippen LogP contribution in [0.4, 0.5) is 0 Å². The average molecular weight is 313 g/mol. The number of carbonyl (C=O) groups is 2. The number of rotatable bonds is 9. The molecule has 0 aromatic heterocycles. The van der Waals surface area contributed by atoms with E-state index in [1.165, 1.54) is 12.2 Å². The van der Waals surface area contributed by atoms with Gasteiger partial charge in [-0.25, -0.2) is 0 Å². The van der Waals surface area contributed by atoms with E-state index < -0.39 is 17.4 Å². The van der Waals surface area contributed by atoms with Gasteiger partial charge in [-0.2, -0.15) is 5.26 Å². The molecule has 120 valence electrons. The lowest BCUT2D eigenvalue weighted by molar-refractivity contribution is -0.164. The second-order valence-electron chi connectivity index (χ2n) is 4.70. The van der Waals surface area contributed by atoms with Crippen molar-refractivity contribution in [2.24, 2.45) is 0 Å². The molecule has 0 aliphatic heterocycles. The van der Waals surface area contributed by atoms with Gasteiger partial charge in [-0.15, -0.1) is 0 Å². The summed E-state index contributed by atoms with van der Waals surface area (Å²) in [5, 5.41) is 8.91. The number of carbonyl (C=O) groups excluding carboxylic acids is 2. The van der Waals surface area contributed by atoms with Crippen LogP contribution in [0.3, 0.4) is 0 Å². The molecule has 0 unspecified atom stereocenters. The van der Waals surface area contributed by atoms with E-state index in [2.05, 4.69) is 13.2 Å². The van der Waals surface area contributed by atoms with Gasteiger partial charge < -0.3 is 9.47 Å². The van der Waals surface area contributed by atoms with Crippen LogP contribution in [-0.2, 0) is 24.5 Å². The third-order valence-corrected chi connectivity index (χ3v) is 3.24. The van der Waals surface area contributed by atoms with Gasteiger partial charge in [0.2, 0.25) is 0 Å². The van der Waals surface area contributed by atoms with Crippen molar-refractivity contribution in [2.45, 2.75) is 18.3 Å². The topological polar surface area (TPSA) is 76.4 Å². The second-order valence-corrected chi connectivity index (χ2v) is 4.70. The highest BCUT2D eigenvalue weighted by Crippen LogP contribution is 2.33. The Bertz CT molecular complexity index is 577. The number of ether oxygens (including phenoxy) is 2. The SMILES string of the molecule is C=CCOC(=O)C(CCC#N)(C(=O)OCC=C)c1ccccc1. The number of esters is 2. The van der Waals surface area contributed by atoms with E-state index in [1.54, 1.807) is 30.3 Å². The van der Waals surface area contributed by atoms with Gasteiger partial charge in [-0.05, 0) is 12.0 Å². The molecule has 0 bridgehead atoms. The Morgan fingerprint density at radius 2 is 1.61 bits per heavy atom. The van der Waals surface area contributed by atoms with Crippen molar-refractivity contribution in [3.05, 3.63) is 61.2 Å². The van der Waals surface area contributed by atoms with Crippen molar-refractivity contribution < 1.29 is 19.1 Å². The first kappa shape index (κ1) is 18.2. The third kappa shape index (κ3) is 4.30. The molecule has 0 N–H and O–H groups in total. The zero-order valence-electron chi connectivity index (χ0n) is 12.9. The summed E-state index contributed by atoms with van der Waals surface area (Å²) >= 11 is 0. The van der Waals surface area contributed by atoms with Gasteiger partial charge in [0.15, 0.2) is 5.41 Å². The molecule has 0 aliphatic rings. The van der Waals surface area contributed by atoms with Crippen LogP contribution in [0.15, 0.2) is 55.6 Å².